The lowest BCUT2D eigenvalue weighted by atomic mass is 10.1. The minimum absolute atomic E-state index is 0.0609. The molecule has 0 unspecified atom stereocenters. The number of rotatable bonds is 7. The lowest BCUT2D eigenvalue weighted by Gasteiger charge is -2.29. The van der Waals surface area contributed by atoms with Gasteiger partial charge in [-0.2, -0.15) is 4.31 Å². The number of morpholine rings is 1. The molecule has 0 spiro atoms. The van der Waals surface area contributed by atoms with Gasteiger partial charge in [0.1, 0.15) is 11.6 Å². The van der Waals surface area contributed by atoms with Gasteiger partial charge in [0.05, 0.1) is 30.8 Å². The van der Waals surface area contributed by atoms with Crippen LogP contribution in [0, 0.1) is 0 Å². The van der Waals surface area contributed by atoms with Gasteiger partial charge in [-0.05, 0) is 43.5 Å². The standard InChI is InChI=1S/C23H30N4O5S/c1-31-21-8-7-19(33(29,30)27-12-14-32-15-13-27)16-20(21)23(28)25-17-18-6-5-9-24-22(18)26-10-3-2-4-11-26/h5-9,16H,2-4,10-15,17H2,1H3,(H,25,28). The molecule has 0 radical (unpaired) electrons. The second-order valence-electron chi connectivity index (χ2n) is 8.10. The Morgan fingerprint density at radius 2 is 1.88 bits per heavy atom. The van der Waals surface area contributed by atoms with Crippen LogP contribution in [0.4, 0.5) is 5.82 Å². The maximum atomic E-state index is 13.1. The van der Waals surface area contributed by atoms with Crippen molar-refractivity contribution >= 4 is 21.7 Å². The summed E-state index contributed by atoms with van der Waals surface area (Å²) in [6, 6.07) is 8.17. The second kappa shape index (κ2) is 10.5. The Morgan fingerprint density at radius 3 is 2.61 bits per heavy atom. The summed E-state index contributed by atoms with van der Waals surface area (Å²) in [6.07, 6.45) is 5.24. The Kier molecular flexibility index (Phi) is 7.46. The number of hydrogen-bond acceptors (Lipinski definition) is 7. The largest absolute Gasteiger partial charge is 0.496 e. The van der Waals surface area contributed by atoms with Crippen LogP contribution in [0.25, 0.3) is 0 Å². The van der Waals surface area contributed by atoms with Crippen LogP contribution in [0.3, 0.4) is 0 Å². The maximum absolute atomic E-state index is 13.1. The predicted molar refractivity (Wildman–Crippen MR) is 124 cm³/mol. The van der Waals surface area contributed by atoms with E-state index in [-0.39, 0.29) is 30.1 Å². The third kappa shape index (κ3) is 5.29. The Balaban J connectivity index is 1.53. The first-order valence-electron chi connectivity index (χ1n) is 11.2. The number of nitrogens with one attached hydrogen (secondary N) is 1. The molecule has 0 saturated carbocycles. The molecule has 1 aromatic heterocycles. The van der Waals surface area contributed by atoms with Crippen molar-refractivity contribution < 1.29 is 22.7 Å². The number of benzene rings is 1. The van der Waals surface area contributed by atoms with Crippen molar-refractivity contribution in [1.82, 2.24) is 14.6 Å². The number of hydrogen-bond donors (Lipinski definition) is 1. The molecular formula is C23H30N4O5S. The van der Waals surface area contributed by atoms with Crippen molar-refractivity contribution in [2.24, 2.45) is 0 Å². The SMILES string of the molecule is COc1ccc(S(=O)(=O)N2CCOCC2)cc1C(=O)NCc1cccnc1N1CCCCC1. The molecule has 0 bridgehead atoms. The molecule has 1 amide bonds. The zero-order chi connectivity index (χ0) is 23.3. The van der Waals surface area contributed by atoms with Crippen LogP contribution in [0.15, 0.2) is 41.4 Å². The van der Waals surface area contributed by atoms with E-state index in [2.05, 4.69) is 15.2 Å². The fraction of sp³-hybridized carbons (Fsp3) is 0.478. The zero-order valence-electron chi connectivity index (χ0n) is 18.8. The first-order chi connectivity index (χ1) is 16.0. The van der Waals surface area contributed by atoms with Gasteiger partial charge in [0, 0.05) is 44.5 Å². The normalized spacial score (nSPS) is 17.5. The highest BCUT2D eigenvalue weighted by molar-refractivity contribution is 7.89. The minimum atomic E-state index is -3.73. The molecule has 178 valence electrons. The molecule has 3 heterocycles. The molecule has 33 heavy (non-hydrogen) atoms. The highest BCUT2D eigenvalue weighted by Crippen LogP contribution is 2.26. The summed E-state index contributed by atoms with van der Waals surface area (Å²) in [5.74, 6) is 0.795. The van der Waals surface area contributed by atoms with Crippen molar-refractivity contribution in [3.05, 3.63) is 47.7 Å². The summed E-state index contributed by atoms with van der Waals surface area (Å²) >= 11 is 0. The quantitative estimate of drug-likeness (QED) is 0.655. The molecular weight excluding hydrogens is 444 g/mol. The van der Waals surface area contributed by atoms with Gasteiger partial charge in [-0.15, -0.1) is 0 Å². The number of methoxy groups -OCH3 is 1. The van der Waals surface area contributed by atoms with Crippen LogP contribution in [-0.2, 0) is 21.3 Å². The molecule has 2 aliphatic rings. The van der Waals surface area contributed by atoms with Crippen molar-refractivity contribution in [2.45, 2.75) is 30.7 Å². The number of amides is 1. The lowest BCUT2D eigenvalue weighted by molar-refractivity contribution is 0.0730. The molecule has 2 fully saturated rings. The van der Waals surface area contributed by atoms with E-state index in [0.29, 0.717) is 19.0 Å². The van der Waals surface area contributed by atoms with Gasteiger partial charge >= 0.3 is 0 Å². The summed E-state index contributed by atoms with van der Waals surface area (Å²) in [5, 5.41) is 2.91. The molecule has 2 aliphatic heterocycles. The van der Waals surface area contributed by atoms with Crippen LogP contribution in [-0.4, -0.2) is 70.1 Å². The van der Waals surface area contributed by atoms with Gasteiger partial charge < -0.3 is 19.7 Å². The van der Waals surface area contributed by atoms with E-state index < -0.39 is 15.9 Å². The van der Waals surface area contributed by atoms with Crippen molar-refractivity contribution in [2.75, 3.05) is 51.4 Å². The molecule has 4 rings (SSSR count). The molecule has 9 nitrogen and oxygen atoms in total. The highest BCUT2D eigenvalue weighted by atomic mass is 32.2. The number of carbonyl (C=O) groups excluding carboxylic acids is 1. The van der Waals surface area contributed by atoms with Crippen LogP contribution < -0.4 is 15.0 Å². The number of aromatic nitrogens is 1. The minimum Gasteiger partial charge on any atom is -0.496 e. The first kappa shape index (κ1) is 23.5. The first-order valence-corrected chi connectivity index (χ1v) is 12.7. The topological polar surface area (TPSA) is 101 Å². The van der Waals surface area contributed by atoms with Gasteiger partial charge in [-0.1, -0.05) is 6.07 Å². The summed E-state index contributed by atoms with van der Waals surface area (Å²) < 4.78 is 38.1. The van der Waals surface area contributed by atoms with Crippen LogP contribution in [0.5, 0.6) is 5.75 Å². The molecule has 2 saturated heterocycles. The third-order valence-electron chi connectivity index (χ3n) is 5.99. The van der Waals surface area contributed by atoms with E-state index in [9.17, 15) is 13.2 Å². The molecule has 0 atom stereocenters. The van der Waals surface area contributed by atoms with Gasteiger partial charge in [-0.25, -0.2) is 13.4 Å². The van der Waals surface area contributed by atoms with E-state index in [1.165, 1.54) is 36.0 Å². The van der Waals surface area contributed by atoms with Crippen LogP contribution in [0.2, 0.25) is 0 Å². The fourth-order valence-corrected chi connectivity index (χ4v) is 5.63. The number of ether oxygens (including phenoxy) is 2. The number of piperidine rings is 1. The fourth-order valence-electron chi connectivity index (χ4n) is 4.19. The van der Waals surface area contributed by atoms with Gasteiger partial charge in [-0.3, -0.25) is 4.79 Å². The summed E-state index contributed by atoms with van der Waals surface area (Å²) in [7, 11) is -2.27. The van der Waals surface area contributed by atoms with E-state index >= 15 is 0 Å². The maximum Gasteiger partial charge on any atom is 0.255 e. The molecule has 0 aliphatic carbocycles. The summed E-state index contributed by atoms with van der Waals surface area (Å²) in [6.45, 7) is 3.47. The van der Waals surface area contributed by atoms with E-state index in [0.717, 1.165) is 37.3 Å². The molecule has 2 aromatic rings. The summed E-state index contributed by atoms with van der Waals surface area (Å²) in [5.41, 5.74) is 1.10. The average Bonchev–Trinajstić information content (AvgIpc) is 2.88. The van der Waals surface area contributed by atoms with Crippen molar-refractivity contribution in [3.63, 3.8) is 0 Å². The van der Waals surface area contributed by atoms with Crippen molar-refractivity contribution in [3.8, 4) is 5.75 Å². The third-order valence-corrected chi connectivity index (χ3v) is 7.88. The zero-order valence-corrected chi connectivity index (χ0v) is 19.6. The van der Waals surface area contributed by atoms with E-state index in [4.69, 9.17) is 9.47 Å². The number of pyridine rings is 1. The average molecular weight is 475 g/mol. The predicted octanol–water partition coefficient (Wildman–Crippen LogP) is 2.03. The summed E-state index contributed by atoms with van der Waals surface area (Å²) in [4.78, 5) is 19.9. The Bertz CT molecular complexity index is 1080. The Labute approximate surface area is 194 Å². The Morgan fingerprint density at radius 1 is 1.12 bits per heavy atom. The van der Waals surface area contributed by atoms with Crippen molar-refractivity contribution in [1.29, 1.82) is 0 Å². The van der Waals surface area contributed by atoms with Crippen LogP contribution in [0.1, 0.15) is 35.2 Å². The van der Waals surface area contributed by atoms with E-state index in [1.807, 2.05) is 12.1 Å². The van der Waals surface area contributed by atoms with Gasteiger partial charge in [0.2, 0.25) is 10.0 Å². The molecule has 10 heteroatoms. The lowest BCUT2D eigenvalue weighted by Crippen LogP contribution is -2.40. The monoisotopic (exact) mass is 474 g/mol. The van der Waals surface area contributed by atoms with Gasteiger partial charge in [0.25, 0.3) is 5.91 Å². The number of anilines is 1. The van der Waals surface area contributed by atoms with Gasteiger partial charge in [0.15, 0.2) is 0 Å². The Hall–Kier alpha value is -2.69. The molecule has 1 aromatic carbocycles. The number of sulfonamides is 1. The highest BCUT2D eigenvalue weighted by Gasteiger charge is 2.28. The van der Waals surface area contributed by atoms with E-state index in [1.54, 1.807) is 6.20 Å². The number of nitrogens with zero attached hydrogens (tertiary/aromatic N) is 3. The van der Waals surface area contributed by atoms with Crippen LogP contribution >= 0.6 is 0 Å². The molecule has 1 N–H and O–H groups in total. The second-order valence-corrected chi connectivity index (χ2v) is 10.0. The number of carbonyl (C=O) groups is 1. The smallest absolute Gasteiger partial charge is 0.255 e.